The van der Waals surface area contributed by atoms with Crippen LogP contribution in [-0.2, 0) is 24.6 Å². The first kappa shape index (κ1) is 27.1. The molecule has 0 aliphatic heterocycles. The molecule has 41 heavy (non-hydrogen) atoms. The Bertz CT molecular complexity index is 1510. The molecule has 7 heteroatoms. The smallest absolute Gasteiger partial charge is 0.345 e. The molecule has 0 bridgehead atoms. The molecule has 7 nitrogen and oxygen atoms in total. The molecule has 4 aromatic carbocycles. The molecular weight excluding hydrogens is 518 g/mol. The van der Waals surface area contributed by atoms with Gasteiger partial charge in [0.25, 0.3) is 0 Å². The number of aromatic nitrogens is 1. The second-order valence-electron chi connectivity index (χ2n) is 9.04. The number of hydrogen-bond acceptors (Lipinski definition) is 7. The summed E-state index contributed by atoms with van der Waals surface area (Å²) in [7, 11) is 0. The highest BCUT2D eigenvalue weighted by molar-refractivity contribution is 5.93. The van der Waals surface area contributed by atoms with Gasteiger partial charge >= 0.3 is 11.9 Å². The molecule has 0 aliphatic carbocycles. The van der Waals surface area contributed by atoms with Gasteiger partial charge in [-0.05, 0) is 41.0 Å². The van der Waals surface area contributed by atoms with E-state index in [-0.39, 0.29) is 48.2 Å². The van der Waals surface area contributed by atoms with Crippen molar-refractivity contribution in [3.63, 3.8) is 0 Å². The SMILES string of the molecule is O=C(OCc1ccccc1)c1cc(OCc2ccccc2)c(OC(=O)c2cccnc2)c(OCc2ccccc2)c1. The third-order valence-electron chi connectivity index (χ3n) is 6.04. The fourth-order valence-corrected chi connectivity index (χ4v) is 3.92. The van der Waals surface area contributed by atoms with Crippen molar-refractivity contribution < 1.29 is 28.5 Å². The lowest BCUT2D eigenvalue weighted by Gasteiger charge is -2.18. The summed E-state index contributed by atoms with van der Waals surface area (Å²) in [5.74, 6) is -0.864. The summed E-state index contributed by atoms with van der Waals surface area (Å²) in [5.41, 5.74) is 3.07. The number of carbonyl (C=O) groups is 2. The molecule has 0 saturated heterocycles. The van der Waals surface area contributed by atoms with Gasteiger partial charge in [0.2, 0.25) is 5.75 Å². The summed E-state index contributed by atoms with van der Waals surface area (Å²) < 4.78 is 23.6. The van der Waals surface area contributed by atoms with Gasteiger partial charge in [-0.1, -0.05) is 91.0 Å². The van der Waals surface area contributed by atoms with Crippen molar-refractivity contribution in [2.24, 2.45) is 0 Å². The fraction of sp³-hybridized carbons (Fsp3) is 0.0882. The van der Waals surface area contributed by atoms with E-state index in [9.17, 15) is 9.59 Å². The maximum Gasteiger partial charge on any atom is 0.345 e. The first-order chi connectivity index (χ1) is 20.2. The van der Waals surface area contributed by atoms with Crippen molar-refractivity contribution >= 4 is 11.9 Å². The Morgan fingerprint density at radius 2 is 1.07 bits per heavy atom. The Hall–Kier alpha value is -5.43. The minimum absolute atomic E-state index is 0.0466. The molecule has 0 amide bonds. The van der Waals surface area contributed by atoms with E-state index in [1.165, 1.54) is 18.3 Å². The number of nitrogens with zero attached hydrogens (tertiary/aromatic N) is 1. The number of hydrogen-bond donors (Lipinski definition) is 0. The maximum atomic E-state index is 13.2. The second-order valence-corrected chi connectivity index (χ2v) is 9.04. The van der Waals surface area contributed by atoms with Crippen molar-refractivity contribution in [2.45, 2.75) is 19.8 Å². The topological polar surface area (TPSA) is 84.0 Å². The predicted molar refractivity (Wildman–Crippen MR) is 153 cm³/mol. The summed E-state index contributed by atoms with van der Waals surface area (Å²) in [4.78, 5) is 30.3. The molecule has 204 valence electrons. The molecule has 0 atom stereocenters. The second kappa shape index (κ2) is 13.6. The van der Waals surface area contributed by atoms with E-state index in [1.54, 1.807) is 18.3 Å². The molecule has 1 heterocycles. The predicted octanol–water partition coefficient (Wildman–Crippen LogP) is 6.82. The van der Waals surface area contributed by atoms with Crippen LogP contribution in [0, 0.1) is 0 Å². The van der Waals surface area contributed by atoms with Crippen LogP contribution in [0.4, 0.5) is 0 Å². The highest BCUT2D eigenvalue weighted by Crippen LogP contribution is 2.40. The monoisotopic (exact) mass is 545 g/mol. The lowest BCUT2D eigenvalue weighted by molar-refractivity contribution is 0.0471. The zero-order chi connectivity index (χ0) is 28.3. The van der Waals surface area contributed by atoms with Gasteiger partial charge in [-0.2, -0.15) is 0 Å². The Morgan fingerprint density at radius 3 is 1.56 bits per heavy atom. The largest absolute Gasteiger partial charge is 0.485 e. The lowest BCUT2D eigenvalue weighted by Crippen LogP contribution is -2.13. The Balaban J connectivity index is 1.49. The molecule has 0 radical (unpaired) electrons. The van der Waals surface area contributed by atoms with Gasteiger partial charge in [0.1, 0.15) is 19.8 Å². The molecule has 0 unspecified atom stereocenters. The van der Waals surface area contributed by atoms with Crippen LogP contribution in [0.25, 0.3) is 0 Å². The summed E-state index contributed by atoms with van der Waals surface area (Å²) in [6, 6.07) is 34.7. The molecule has 0 fully saturated rings. The summed E-state index contributed by atoms with van der Waals surface area (Å²) in [5, 5.41) is 0. The van der Waals surface area contributed by atoms with Gasteiger partial charge in [-0.3, -0.25) is 4.98 Å². The summed E-state index contributed by atoms with van der Waals surface area (Å²) in [6.45, 7) is 0.426. The molecular formula is C34H27NO6. The van der Waals surface area contributed by atoms with Gasteiger partial charge in [-0.15, -0.1) is 0 Å². The number of pyridine rings is 1. The number of esters is 2. The molecule has 0 N–H and O–H groups in total. The minimum atomic E-state index is -0.647. The molecule has 5 rings (SSSR count). The van der Waals surface area contributed by atoms with Crippen LogP contribution in [0.1, 0.15) is 37.4 Å². The Labute approximate surface area is 237 Å². The lowest BCUT2D eigenvalue weighted by atomic mass is 10.1. The van der Waals surface area contributed by atoms with E-state index >= 15 is 0 Å². The number of benzene rings is 4. The first-order valence-electron chi connectivity index (χ1n) is 13.0. The minimum Gasteiger partial charge on any atom is -0.485 e. The van der Waals surface area contributed by atoms with Gasteiger partial charge in [-0.25, -0.2) is 9.59 Å². The Morgan fingerprint density at radius 1 is 0.561 bits per heavy atom. The van der Waals surface area contributed by atoms with Crippen LogP contribution in [0.15, 0.2) is 128 Å². The van der Waals surface area contributed by atoms with Gasteiger partial charge in [0, 0.05) is 12.4 Å². The zero-order valence-electron chi connectivity index (χ0n) is 22.1. The highest BCUT2D eigenvalue weighted by Gasteiger charge is 2.23. The van der Waals surface area contributed by atoms with Crippen LogP contribution in [-0.4, -0.2) is 16.9 Å². The zero-order valence-corrected chi connectivity index (χ0v) is 22.1. The average Bonchev–Trinajstić information content (AvgIpc) is 3.04. The van der Waals surface area contributed by atoms with Crippen molar-refractivity contribution in [3.05, 3.63) is 155 Å². The van der Waals surface area contributed by atoms with Crippen LogP contribution in [0.2, 0.25) is 0 Å². The van der Waals surface area contributed by atoms with Gasteiger partial charge in [0.15, 0.2) is 11.5 Å². The van der Waals surface area contributed by atoms with Crippen LogP contribution in [0.3, 0.4) is 0 Å². The summed E-state index contributed by atoms with van der Waals surface area (Å²) in [6.07, 6.45) is 2.97. The highest BCUT2D eigenvalue weighted by atomic mass is 16.6. The third kappa shape index (κ3) is 7.58. The van der Waals surface area contributed by atoms with E-state index in [0.29, 0.717) is 0 Å². The maximum absolute atomic E-state index is 13.2. The van der Waals surface area contributed by atoms with E-state index in [2.05, 4.69) is 4.98 Å². The normalized spacial score (nSPS) is 10.4. The Kier molecular flexibility index (Phi) is 8.99. The molecule has 1 aromatic heterocycles. The standard InChI is InChI=1S/C34H27NO6/c36-33(40-24-27-15-8-3-9-16-27)29-19-30(38-22-25-11-4-1-5-12-25)32(41-34(37)28-17-10-18-35-21-28)31(20-29)39-23-26-13-6-2-7-14-26/h1-21H,22-24H2. The molecule has 0 aliphatic rings. The van der Waals surface area contributed by atoms with E-state index < -0.39 is 11.9 Å². The molecule has 0 saturated carbocycles. The van der Waals surface area contributed by atoms with Crippen molar-refractivity contribution in [3.8, 4) is 17.2 Å². The summed E-state index contributed by atoms with van der Waals surface area (Å²) >= 11 is 0. The first-order valence-corrected chi connectivity index (χ1v) is 13.0. The van der Waals surface area contributed by atoms with Crippen LogP contribution >= 0.6 is 0 Å². The van der Waals surface area contributed by atoms with Crippen LogP contribution < -0.4 is 14.2 Å². The average molecular weight is 546 g/mol. The number of ether oxygens (including phenoxy) is 4. The van der Waals surface area contributed by atoms with Crippen molar-refractivity contribution in [1.29, 1.82) is 0 Å². The molecule has 0 spiro atoms. The van der Waals surface area contributed by atoms with E-state index in [1.807, 2.05) is 91.0 Å². The quantitative estimate of drug-likeness (QED) is 0.133. The van der Waals surface area contributed by atoms with Crippen molar-refractivity contribution in [1.82, 2.24) is 4.98 Å². The third-order valence-corrected chi connectivity index (χ3v) is 6.04. The van der Waals surface area contributed by atoms with Crippen LogP contribution in [0.5, 0.6) is 17.2 Å². The van der Waals surface area contributed by atoms with Gasteiger partial charge < -0.3 is 18.9 Å². The van der Waals surface area contributed by atoms with Gasteiger partial charge in [0.05, 0.1) is 11.1 Å². The fourth-order valence-electron chi connectivity index (χ4n) is 3.92. The van der Waals surface area contributed by atoms with E-state index in [0.717, 1.165) is 16.7 Å². The van der Waals surface area contributed by atoms with Crippen molar-refractivity contribution in [2.75, 3.05) is 0 Å². The number of rotatable bonds is 11. The molecule has 5 aromatic rings. The van der Waals surface area contributed by atoms with E-state index in [4.69, 9.17) is 18.9 Å². The number of carbonyl (C=O) groups excluding carboxylic acids is 2.